The molecule has 0 saturated heterocycles. The molecule has 2 aromatic rings. The first-order valence-corrected chi connectivity index (χ1v) is 9.70. The smallest absolute Gasteiger partial charge is 0.422 e. The molecule has 5 nitrogen and oxygen atoms in total. The highest BCUT2D eigenvalue weighted by molar-refractivity contribution is 5.94. The number of para-hydroxylation sites is 1. The maximum absolute atomic E-state index is 13.0. The first-order valence-electron chi connectivity index (χ1n) is 9.70. The van der Waals surface area contributed by atoms with Crippen LogP contribution in [0.4, 0.5) is 18.9 Å². The van der Waals surface area contributed by atoms with Crippen LogP contribution in [0.25, 0.3) is 0 Å². The van der Waals surface area contributed by atoms with Gasteiger partial charge in [-0.15, -0.1) is 0 Å². The zero-order chi connectivity index (χ0) is 21.7. The van der Waals surface area contributed by atoms with Crippen LogP contribution in [0.2, 0.25) is 0 Å². The van der Waals surface area contributed by atoms with Crippen molar-refractivity contribution in [2.45, 2.75) is 25.6 Å². The molecule has 0 radical (unpaired) electrons. The highest BCUT2D eigenvalue weighted by atomic mass is 19.4. The van der Waals surface area contributed by atoms with E-state index in [1.54, 1.807) is 12.1 Å². The quantitative estimate of drug-likeness (QED) is 0.705. The molecule has 0 fully saturated rings. The Kier molecular flexibility index (Phi) is 6.87. The Morgan fingerprint density at radius 2 is 1.87 bits per heavy atom. The van der Waals surface area contributed by atoms with Crippen LogP contribution in [0.1, 0.15) is 17.5 Å². The average molecular weight is 422 g/mol. The zero-order valence-electron chi connectivity index (χ0n) is 17.0. The molecule has 0 spiro atoms. The van der Waals surface area contributed by atoms with Crippen LogP contribution in [0, 0.1) is 0 Å². The summed E-state index contributed by atoms with van der Waals surface area (Å²) < 4.78 is 47.1. The zero-order valence-corrected chi connectivity index (χ0v) is 17.0. The number of halogens is 3. The fraction of sp³-hybridized carbons (Fsp3) is 0.409. The van der Waals surface area contributed by atoms with E-state index in [4.69, 9.17) is 9.47 Å². The van der Waals surface area contributed by atoms with Crippen LogP contribution in [-0.4, -0.2) is 50.8 Å². The van der Waals surface area contributed by atoms with E-state index in [0.29, 0.717) is 13.0 Å². The van der Waals surface area contributed by atoms with Gasteiger partial charge in [0.15, 0.2) is 18.1 Å². The first kappa shape index (κ1) is 22.0. The Bertz CT molecular complexity index is 886. The van der Waals surface area contributed by atoms with Crippen molar-refractivity contribution in [2.75, 3.05) is 38.8 Å². The van der Waals surface area contributed by atoms with E-state index in [2.05, 4.69) is 4.90 Å². The van der Waals surface area contributed by atoms with E-state index >= 15 is 0 Å². The molecule has 2 aromatic carbocycles. The minimum atomic E-state index is -4.42. The van der Waals surface area contributed by atoms with Gasteiger partial charge in [0, 0.05) is 31.7 Å². The number of nitrogens with zero attached hydrogens (tertiary/aromatic N) is 2. The van der Waals surface area contributed by atoms with E-state index in [1.165, 1.54) is 13.2 Å². The molecule has 0 saturated carbocycles. The number of hydrogen-bond donors (Lipinski definition) is 0. The first-order chi connectivity index (χ1) is 14.3. The Labute approximate surface area is 174 Å². The predicted octanol–water partition coefficient (Wildman–Crippen LogP) is 4.05. The number of amides is 1. The fourth-order valence-electron chi connectivity index (χ4n) is 3.46. The van der Waals surface area contributed by atoms with Gasteiger partial charge < -0.3 is 19.3 Å². The van der Waals surface area contributed by atoms with Crippen molar-refractivity contribution in [3.05, 3.63) is 53.6 Å². The Morgan fingerprint density at radius 3 is 2.60 bits per heavy atom. The molecule has 1 heterocycles. The van der Waals surface area contributed by atoms with Crippen LogP contribution in [0.3, 0.4) is 0 Å². The van der Waals surface area contributed by atoms with E-state index in [9.17, 15) is 18.0 Å². The highest BCUT2D eigenvalue weighted by Crippen LogP contribution is 2.31. The molecule has 162 valence electrons. The minimum absolute atomic E-state index is 0.00844. The second-order valence-corrected chi connectivity index (χ2v) is 7.30. The van der Waals surface area contributed by atoms with Crippen molar-refractivity contribution >= 4 is 11.6 Å². The van der Waals surface area contributed by atoms with Crippen LogP contribution in [0.15, 0.2) is 42.5 Å². The third-order valence-electron chi connectivity index (χ3n) is 4.98. The summed E-state index contributed by atoms with van der Waals surface area (Å²) in [6, 6.07) is 12.6. The van der Waals surface area contributed by atoms with Gasteiger partial charge in [0.2, 0.25) is 5.91 Å². The molecule has 8 heteroatoms. The molecule has 0 aromatic heterocycles. The number of hydrogen-bond acceptors (Lipinski definition) is 4. The summed E-state index contributed by atoms with van der Waals surface area (Å²) in [5.74, 6) is 0.245. The van der Waals surface area contributed by atoms with Gasteiger partial charge in [0.05, 0.1) is 7.11 Å². The van der Waals surface area contributed by atoms with Gasteiger partial charge in [-0.3, -0.25) is 4.79 Å². The maximum atomic E-state index is 13.0. The van der Waals surface area contributed by atoms with Gasteiger partial charge in [-0.25, -0.2) is 0 Å². The number of methoxy groups -OCH3 is 1. The summed E-state index contributed by atoms with van der Waals surface area (Å²) in [4.78, 5) is 16.9. The van der Waals surface area contributed by atoms with Gasteiger partial charge in [0.25, 0.3) is 0 Å². The Balaban J connectivity index is 1.67. The van der Waals surface area contributed by atoms with Crippen molar-refractivity contribution < 1.29 is 27.4 Å². The molecule has 0 unspecified atom stereocenters. The second-order valence-electron chi connectivity index (χ2n) is 7.30. The Hall–Kier alpha value is -2.74. The number of ether oxygens (including phenoxy) is 2. The average Bonchev–Trinajstić information content (AvgIpc) is 2.88. The van der Waals surface area contributed by atoms with Gasteiger partial charge in [-0.2, -0.15) is 13.2 Å². The molecule has 0 atom stereocenters. The summed E-state index contributed by atoms with van der Waals surface area (Å²) in [5, 5.41) is 0. The van der Waals surface area contributed by atoms with Gasteiger partial charge in [0.1, 0.15) is 0 Å². The number of alkyl halides is 3. The second kappa shape index (κ2) is 9.38. The normalized spacial score (nSPS) is 14.8. The summed E-state index contributed by atoms with van der Waals surface area (Å²) >= 11 is 0. The predicted molar refractivity (Wildman–Crippen MR) is 108 cm³/mol. The van der Waals surface area contributed by atoms with Crippen molar-refractivity contribution in [3.8, 4) is 11.5 Å². The lowest BCUT2D eigenvalue weighted by Crippen LogP contribution is -2.35. The fourth-order valence-corrected chi connectivity index (χ4v) is 3.46. The molecular weight excluding hydrogens is 397 g/mol. The summed E-state index contributed by atoms with van der Waals surface area (Å²) in [5.41, 5.74) is 2.83. The van der Waals surface area contributed by atoms with Crippen molar-refractivity contribution in [3.63, 3.8) is 0 Å². The molecule has 1 amide bonds. The van der Waals surface area contributed by atoms with Crippen LogP contribution in [-0.2, 0) is 17.8 Å². The molecule has 0 N–H and O–H groups in total. The maximum Gasteiger partial charge on any atom is 0.422 e. The number of benzene rings is 2. The molecule has 3 rings (SSSR count). The number of fused-ring (bicyclic) bond motifs is 1. The van der Waals surface area contributed by atoms with Crippen LogP contribution in [0.5, 0.6) is 11.5 Å². The molecule has 30 heavy (non-hydrogen) atoms. The third-order valence-corrected chi connectivity index (χ3v) is 4.98. The van der Waals surface area contributed by atoms with Crippen LogP contribution < -0.4 is 14.4 Å². The van der Waals surface area contributed by atoms with Gasteiger partial charge in [-0.05, 0) is 42.8 Å². The van der Waals surface area contributed by atoms with E-state index in [0.717, 1.165) is 29.9 Å². The van der Waals surface area contributed by atoms with Gasteiger partial charge in [-0.1, -0.05) is 24.3 Å². The number of anilines is 1. The molecule has 0 bridgehead atoms. The van der Waals surface area contributed by atoms with Crippen LogP contribution >= 0.6 is 0 Å². The van der Waals surface area contributed by atoms with E-state index in [1.807, 2.05) is 36.2 Å². The molecule has 0 aliphatic carbocycles. The highest BCUT2D eigenvalue weighted by Gasteiger charge is 2.29. The van der Waals surface area contributed by atoms with E-state index in [-0.39, 0.29) is 23.8 Å². The molecular formula is C22H25F3N2O3. The van der Waals surface area contributed by atoms with Crippen molar-refractivity contribution in [1.82, 2.24) is 4.90 Å². The number of likely N-dealkylation sites (N-methyl/N-ethyl adjacent to an activating group) is 1. The lowest BCUT2D eigenvalue weighted by molar-refractivity contribution is -0.153. The summed E-state index contributed by atoms with van der Waals surface area (Å²) in [7, 11) is 3.40. The monoisotopic (exact) mass is 422 g/mol. The number of rotatable bonds is 6. The number of carbonyl (C=O) groups excluding carboxylic acids is 1. The standard InChI is InChI=1S/C22H25F3N2O3/c1-26-11-12-27(18-6-4-3-5-17(18)14-26)21(28)10-8-16-7-9-19(20(13-16)29-2)30-15-22(23,24)25/h3-7,9,13H,8,10-12,14-15H2,1-2H3. The number of carbonyl (C=O) groups is 1. The topological polar surface area (TPSA) is 42.0 Å². The lowest BCUT2D eigenvalue weighted by atomic mass is 10.1. The molecule has 1 aliphatic rings. The van der Waals surface area contributed by atoms with Crippen molar-refractivity contribution in [2.24, 2.45) is 0 Å². The van der Waals surface area contributed by atoms with Gasteiger partial charge >= 0.3 is 6.18 Å². The summed E-state index contributed by atoms with van der Waals surface area (Å²) in [6.07, 6.45) is -3.69. The van der Waals surface area contributed by atoms with E-state index < -0.39 is 12.8 Å². The largest absolute Gasteiger partial charge is 0.493 e. The molecule has 1 aliphatic heterocycles. The lowest BCUT2D eigenvalue weighted by Gasteiger charge is -2.23. The van der Waals surface area contributed by atoms with Crippen molar-refractivity contribution in [1.29, 1.82) is 0 Å². The summed E-state index contributed by atoms with van der Waals surface area (Å²) in [6.45, 7) is 0.792. The SMILES string of the molecule is COc1cc(CCC(=O)N2CCN(C)Cc3ccccc32)ccc1OCC(F)(F)F. The third kappa shape index (κ3) is 5.66. The minimum Gasteiger partial charge on any atom is -0.493 e. The number of aryl methyl sites for hydroxylation is 1. The Morgan fingerprint density at radius 1 is 1.10 bits per heavy atom.